The van der Waals surface area contributed by atoms with Gasteiger partial charge in [0.1, 0.15) is 0 Å². The van der Waals surface area contributed by atoms with Gasteiger partial charge in [0.15, 0.2) is 5.69 Å². The summed E-state index contributed by atoms with van der Waals surface area (Å²) in [4.78, 5) is 12.7. The van der Waals surface area contributed by atoms with E-state index in [0.29, 0.717) is 19.6 Å². The van der Waals surface area contributed by atoms with Crippen LogP contribution in [0.2, 0.25) is 0 Å². The lowest BCUT2D eigenvalue weighted by Crippen LogP contribution is -2.40. The highest BCUT2D eigenvalue weighted by Crippen LogP contribution is 2.04. The maximum absolute atomic E-state index is 10.6. The Bertz CT molecular complexity index is 397. The van der Waals surface area contributed by atoms with E-state index in [1.165, 1.54) is 10.9 Å². The Labute approximate surface area is 106 Å². The van der Waals surface area contributed by atoms with E-state index >= 15 is 0 Å². The molecule has 0 aromatic carbocycles. The highest BCUT2D eigenvalue weighted by Gasteiger charge is 2.17. The van der Waals surface area contributed by atoms with Gasteiger partial charge >= 0.3 is 5.97 Å². The van der Waals surface area contributed by atoms with Crippen LogP contribution in [0.15, 0.2) is 6.20 Å². The minimum Gasteiger partial charge on any atom is -0.476 e. The normalized spacial score (nSPS) is 12.1. The molecule has 0 atom stereocenters. The molecule has 0 aliphatic carbocycles. The molecule has 0 amide bonds. The largest absolute Gasteiger partial charge is 0.476 e. The van der Waals surface area contributed by atoms with Gasteiger partial charge in [0.2, 0.25) is 0 Å². The van der Waals surface area contributed by atoms with Gasteiger partial charge in [0.25, 0.3) is 0 Å². The Hall–Kier alpha value is -1.47. The summed E-state index contributed by atoms with van der Waals surface area (Å²) in [5, 5.41) is 25.7. The molecular weight excluding hydrogens is 236 g/mol. The lowest BCUT2D eigenvalue weighted by Gasteiger charge is -2.27. The van der Waals surface area contributed by atoms with Gasteiger partial charge in [-0.05, 0) is 20.4 Å². The van der Waals surface area contributed by atoms with Gasteiger partial charge in [0, 0.05) is 13.1 Å². The quantitative estimate of drug-likeness (QED) is 0.717. The van der Waals surface area contributed by atoms with Crippen molar-refractivity contribution >= 4 is 5.97 Å². The zero-order chi connectivity index (χ0) is 13.8. The number of hydrogen-bond acceptors (Lipinski definition) is 5. The third-order valence-corrected chi connectivity index (χ3v) is 2.46. The first-order valence-electron chi connectivity index (χ1n) is 5.90. The fraction of sp³-hybridized carbons (Fsp3) is 0.727. The molecule has 7 heteroatoms. The van der Waals surface area contributed by atoms with Gasteiger partial charge in [-0.3, -0.25) is 9.58 Å². The topological polar surface area (TPSA) is 91.5 Å². The number of rotatable bonds is 7. The predicted molar refractivity (Wildman–Crippen MR) is 65.4 cm³/mol. The molecule has 0 bridgehead atoms. The molecule has 0 radical (unpaired) electrons. The maximum atomic E-state index is 10.6. The molecule has 2 N–H and O–H groups in total. The summed E-state index contributed by atoms with van der Waals surface area (Å²) in [5.74, 6) is -1.08. The van der Waals surface area contributed by atoms with E-state index < -0.39 is 11.6 Å². The summed E-state index contributed by atoms with van der Waals surface area (Å²) >= 11 is 0. The number of hydrogen-bond donors (Lipinski definition) is 2. The number of aliphatic hydroxyl groups is 1. The number of nitrogens with zero attached hydrogens (tertiary/aromatic N) is 4. The molecule has 0 fully saturated rings. The molecular formula is C11H20N4O3. The SMILES string of the molecule is CCN(CCn1cc(C(=O)O)nn1)CC(C)(C)O. The highest BCUT2D eigenvalue weighted by molar-refractivity contribution is 5.84. The van der Waals surface area contributed by atoms with Crippen molar-refractivity contribution < 1.29 is 15.0 Å². The van der Waals surface area contributed by atoms with Crippen molar-refractivity contribution in [1.29, 1.82) is 0 Å². The van der Waals surface area contributed by atoms with E-state index in [1.54, 1.807) is 13.8 Å². The Morgan fingerprint density at radius 3 is 2.67 bits per heavy atom. The summed E-state index contributed by atoms with van der Waals surface area (Å²) in [5.41, 5.74) is -0.800. The summed E-state index contributed by atoms with van der Waals surface area (Å²) in [6.07, 6.45) is 1.40. The molecule has 1 rings (SSSR count). The van der Waals surface area contributed by atoms with Gasteiger partial charge in [-0.15, -0.1) is 5.10 Å². The number of carboxylic acid groups (broad SMARTS) is 1. The van der Waals surface area contributed by atoms with Gasteiger partial charge in [-0.25, -0.2) is 4.79 Å². The smallest absolute Gasteiger partial charge is 0.358 e. The summed E-state index contributed by atoms with van der Waals surface area (Å²) in [6, 6.07) is 0. The molecule has 1 aromatic heterocycles. The lowest BCUT2D eigenvalue weighted by molar-refractivity contribution is 0.0365. The molecule has 0 unspecified atom stereocenters. The average molecular weight is 256 g/mol. The van der Waals surface area contributed by atoms with Crippen LogP contribution >= 0.6 is 0 Å². The van der Waals surface area contributed by atoms with E-state index in [0.717, 1.165) is 6.54 Å². The van der Waals surface area contributed by atoms with Gasteiger partial charge in [-0.1, -0.05) is 12.1 Å². The molecule has 18 heavy (non-hydrogen) atoms. The molecule has 1 heterocycles. The van der Waals surface area contributed by atoms with E-state index in [1.807, 2.05) is 6.92 Å². The molecule has 1 aromatic rings. The second kappa shape index (κ2) is 5.92. The first kappa shape index (κ1) is 14.6. The van der Waals surface area contributed by atoms with E-state index in [9.17, 15) is 9.90 Å². The van der Waals surface area contributed by atoms with E-state index in [4.69, 9.17) is 5.11 Å². The number of aromatic carboxylic acids is 1. The first-order valence-corrected chi connectivity index (χ1v) is 5.90. The van der Waals surface area contributed by atoms with Crippen LogP contribution in [0, 0.1) is 0 Å². The van der Waals surface area contributed by atoms with Gasteiger partial charge in [0.05, 0.1) is 18.3 Å². The monoisotopic (exact) mass is 256 g/mol. The Balaban J connectivity index is 2.49. The summed E-state index contributed by atoms with van der Waals surface area (Å²) < 4.78 is 1.50. The zero-order valence-electron chi connectivity index (χ0n) is 11.0. The van der Waals surface area contributed by atoms with E-state index in [2.05, 4.69) is 15.2 Å². The van der Waals surface area contributed by atoms with Crippen LogP contribution in [0.4, 0.5) is 0 Å². The van der Waals surface area contributed by atoms with Crippen molar-refractivity contribution in [1.82, 2.24) is 19.9 Å². The number of aromatic nitrogens is 3. The van der Waals surface area contributed by atoms with Crippen molar-refractivity contribution in [3.8, 4) is 0 Å². The average Bonchev–Trinajstić information content (AvgIpc) is 2.71. The lowest BCUT2D eigenvalue weighted by atomic mass is 10.1. The predicted octanol–water partition coefficient (Wildman–Crippen LogP) is 0.0691. The minimum atomic E-state index is -1.08. The highest BCUT2D eigenvalue weighted by atomic mass is 16.4. The van der Waals surface area contributed by atoms with Gasteiger partial charge < -0.3 is 10.2 Å². The van der Waals surface area contributed by atoms with Crippen LogP contribution < -0.4 is 0 Å². The van der Waals surface area contributed by atoms with Crippen LogP contribution in [0.25, 0.3) is 0 Å². The van der Waals surface area contributed by atoms with Crippen LogP contribution in [0.1, 0.15) is 31.3 Å². The Morgan fingerprint density at radius 1 is 1.56 bits per heavy atom. The van der Waals surface area contributed by atoms with Crippen molar-refractivity contribution in [3.63, 3.8) is 0 Å². The minimum absolute atomic E-state index is 0.0551. The molecule has 7 nitrogen and oxygen atoms in total. The van der Waals surface area contributed by atoms with Crippen LogP contribution in [0.5, 0.6) is 0 Å². The van der Waals surface area contributed by atoms with Crippen LogP contribution in [-0.4, -0.2) is 61.3 Å². The Morgan fingerprint density at radius 2 is 2.22 bits per heavy atom. The van der Waals surface area contributed by atoms with Crippen molar-refractivity contribution in [2.45, 2.75) is 32.9 Å². The van der Waals surface area contributed by atoms with Crippen molar-refractivity contribution in [3.05, 3.63) is 11.9 Å². The molecule has 0 saturated heterocycles. The maximum Gasteiger partial charge on any atom is 0.358 e. The number of carbonyl (C=O) groups is 1. The third kappa shape index (κ3) is 4.80. The molecule has 0 aliphatic rings. The molecule has 0 spiro atoms. The zero-order valence-corrected chi connectivity index (χ0v) is 11.0. The fourth-order valence-electron chi connectivity index (χ4n) is 1.65. The summed E-state index contributed by atoms with van der Waals surface area (Å²) in [7, 11) is 0. The molecule has 0 aliphatic heterocycles. The number of carboxylic acids is 1. The van der Waals surface area contributed by atoms with Crippen LogP contribution in [0.3, 0.4) is 0 Å². The summed E-state index contributed by atoms with van der Waals surface area (Å²) in [6.45, 7) is 8.12. The van der Waals surface area contributed by atoms with Crippen molar-refractivity contribution in [2.75, 3.05) is 19.6 Å². The first-order chi connectivity index (χ1) is 8.31. The van der Waals surface area contributed by atoms with Gasteiger partial charge in [-0.2, -0.15) is 0 Å². The fourth-order valence-corrected chi connectivity index (χ4v) is 1.65. The second-order valence-electron chi connectivity index (χ2n) is 4.85. The molecule has 0 saturated carbocycles. The standard InChI is InChI=1S/C11H20N4O3/c1-4-14(8-11(2,3)18)5-6-15-7-9(10(16)17)12-13-15/h7,18H,4-6,8H2,1-3H3,(H,16,17). The van der Waals surface area contributed by atoms with Crippen molar-refractivity contribution in [2.24, 2.45) is 0 Å². The number of likely N-dealkylation sites (N-methyl/N-ethyl adjacent to an activating group) is 1. The van der Waals surface area contributed by atoms with Crippen LogP contribution in [-0.2, 0) is 6.54 Å². The Kier molecular flexibility index (Phi) is 4.80. The molecule has 102 valence electrons. The second-order valence-corrected chi connectivity index (χ2v) is 4.85. The third-order valence-electron chi connectivity index (χ3n) is 2.46. The van der Waals surface area contributed by atoms with E-state index in [-0.39, 0.29) is 5.69 Å².